The molecule has 3 rings (SSSR count). The Kier molecular flexibility index (Phi) is 8.35. The average Bonchev–Trinajstić information content (AvgIpc) is 2.78. The predicted octanol–water partition coefficient (Wildman–Crippen LogP) is 3.11. The zero-order valence-electron chi connectivity index (χ0n) is 17.3. The van der Waals surface area contributed by atoms with Gasteiger partial charge in [-0.1, -0.05) is 12.1 Å². The van der Waals surface area contributed by atoms with E-state index < -0.39 is 6.04 Å². The topological polar surface area (TPSA) is 76.1 Å². The first-order valence-corrected chi connectivity index (χ1v) is 10.3. The highest BCUT2D eigenvalue weighted by molar-refractivity contribution is 5.83. The van der Waals surface area contributed by atoms with E-state index in [1.54, 1.807) is 24.8 Å². The lowest BCUT2D eigenvalue weighted by atomic mass is 10.0. The molecule has 3 aromatic rings. The molecule has 2 aromatic heterocycles. The van der Waals surface area contributed by atoms with Crippen molar-refractivity contribution in [3.8, 4) is 5.75 Å². The van der Waals surface area contributed by atoms with Gasteiger partial charge in [-0.15, -0.1) is 0 Å². The maximum Gasteiger partial charge on any atom is 0.241 e. The Balaban J connectivity index is 1.64. The van der Waals surface area contributed by atoms with E-state index in [1.165, 1.54) is 5.56 Å². The van der Waals surface area contributed by atoms with Crippen molar-refractivity contribution >= 4 is 5.91 Å². The van der Waals surface area contributed by atoms with Crippen LogP contribution in [-0.4, -0.2) is 35.6 Å². The Morgan fingerprint density at radius 1 is 0.933 bits per heavy atom. The van der Waals surface area contributed by atoms with E-state index in [-0.39, 0.29) is 5.91 Å². The fraction of sp³-hybridized carbons (Fsp3) is 0.292. The minimum Gasteiger partial charge on any atom is -0.494 e. The first kappa shape index (κ1) is 21.5. The number of ether oxygens (including phenoxy) is 1. The second kappa shape index (κ2) is 11.7. The highest BCUT2D eigenvalue weighted by Gasteiger charge is 2.20. The standard InChI is InChI=1S/C24H28N4O2/c1-2-30-22-5-3-4-21(18-22)23(27-16-10-19-6-12-25-13-7-19)24(29)28-17-11-20-8-14-26-15-9-20/h3-9,12-15,18,23,27H,2,10-11,16-17H2,1H3,(H,28,29). The number of carbonyl (C=O) groups is 1. The fourth-order valence-electron chi connectivity index (χ4n) is 3.20. The van der Waals surface area contributed by atoms with Gasteiger partial charge in [-0.25, -0.2) is 0 Å². The van der Waals surface area contributed by atoms with Crippen LogP contribution in [0.5, 0.6) is 5.75 Å². The van der Waals surface area contributed by atoms with Crippen LogP contribution in [0.15, 0.2) is 73.3 Å². The SMILES string of the molecule is CCOc1cccc(C(NCCc2ccncc2)C(=O)NCCc2ccncc2)c1. The van der Waals surface area contributed by atoms with E-state index >= 15 is 0 Å². The summed E-state index contributed by atoms with van der Waals surface area (Å²) in [6, 6.07) is 15.1. The van der Waals surface area contributed by atoms with E-state index in [0.717, 1.165) is 29.7 Å². The number of aromatic nitrogens is 2. The van der Waals surface area contributed by atoms with Crippen molar-refractivity contribution in [2.45, 2.75) is 25.8 Å². The number of benzene rings is 1. The molecule has 2 N–H and O–H groups in total. The summed E-state index contributed by atoms with van der Waals surface area (Å²) in [5.41, 5.74) is 3.21. The maximum atomic E-state index is 13.0. The van der Waals surface area contributed by atoms with Crippen LogP contribution in [0, 0.1) is 0 Å². The van der Waals surface area contributed by atoms with Crippen LogP contribution >= 0.6 is 0 Å². The molecule has 2 heterocycles. The molecule has 1 unspecified atom stereocenters. The van der Waals surface area contributed by atoms with Gasteiger partial charge in [0.2, 0.25) is 5.91 Å². The van der Waals surface area contributed by atoms with Gasteiger partial charge in [-0.2, -0.15) is 0 Å². The Bertz CT molecular complexity index is 903. The molecule has 1 atom stereocenters. The minimum atomic E-state index is -0.454. The van der Waals surface area contributed by atoms with Gasteiger partial charge in [0.25, 0.3) is 0 Å². The summed E-state index contributed by atoms with van der Waals surface area (Å²) in [5.74, 6) is 0.716. The van der Waals surface area contributed by atoms with Gasteiger partial charge >= 0.3 is 0 Å². The molecule has 0 aliphatic rings. The summed E-state index contributed by atoms with van der Waals surface area (Å²) < 4.78 is 5.62. The van der Waals surface area contributed by atoms with Crippen LogP contribution < -0.4 is 15.4 Å². The number of rotatable bonds is 11. The molecule has 0 radical (unpaired) electrons. The first-order valence-electron chi connectivity index (χ1n) is 10.3. The zero-order chi connectivity index (χ0) is 21.0. The largest absolute Gasteiger partial charge is 0.494 e. The van der Waals surface area contributed by atoms with E-state index in [1.807, 2.05) is 55.5 Å². The predicted molar refractivity (Wildman–Crippen MR) is 117 cm³/mol. The lowest BCUT2D eigenvalue weighted by Gasteiger charge is -2.20. The summed E-state index contributed by atoms with van der Waals surface area (Å²) >= 11 is 0. The summed E-state index contributed by atoms with van der Waals surface area (Å²) in [4.78, 5) is 21.1. The molecule has 6 nitrogen and oxygen atoms in total. The van der Waals surface area contributed by atoms with Crippen LogP contribution in [0.3, 0.4) is 0 Å². The average molecular weight is 405 g/mol. The molecule has 1 amide bonds. The summed E-state index contributed by atoms with van der Waals surface area (Å²) in [6.07, 6.45) is 8.67. The molecule has 156 valence electrons. The second-order valence-corrected chi connectivity index (χ2v) is 6.89. The minimum absolute atomic E-state index is 0.0487. The number of pyridine rings is 2. The summed E-state index contributed by atoms with van der Waals surface area (Å²) in [7, 11) is 0. The van der Waals surface area contributed by atoms with E-state index in [0.29, 0.717) is 19.7 Å². The lowest BCUT2D eigenvalue weighted by molar-refractivity contribution is -0.123. The van der Waals surface area contributed by atoms with Gasteiger partial charge in [0.05, 0.1) is 6.61 Å². The number of hydrogen-bond acceptors (Lipinski definition) is 5. The van der Waals surface area contributed by atoms with E-state index in [4.69, 9.17) is 4.74 Å². The van der Waals surface area contributed by atoms with Crippen LogP contribution in [0.1, 0.15) is 29.7 Å². The van der Waals surface area contributed by atoms with Gasteiger partial charge in [0.1, 0.15) is 11.8 Å². The van der Waals surface area contributed by atoms with E-state index in [2.05, 4.69) is 20.6 Å². The van der Waals surface area contributed by atoms with Crippen molar-refractivity contribution in [3.05, 3.63) is 90.0 Å². The third-order valence-corrected chi connectivity index (χ3v) is 4.74. The number of hydrogen-bond donors (Lipinski definition) is 2. The van der Waals surface area contributed by atoms with Crippen LogP contribution in [0.25, 0.3) is 0 Å². The summed E-state index contributed by atoms with van der Waals surface area (Å²) in [5, 5.41) is 6.46. The molecular weight excluding hydrogens is 376 g/mol. The summed E-state index contributed by atoms with van der Waals surface area (Å²) in [6.45, 7) is 3.77. The molecule has 30 heavy (non-hydrogen) atoms. The smallest absolute Gasteiger partial charge is 0.241 e. The molecule has 0 saturated heterocycles. The number of amides is 1. The number of nitrogens with one attached hydrogen (secondary N) is 2. The highest BCUT2D eigenvalue weighted by atomic mass is 16.5. The monoisotopic (exact) mass is 404 g/mol. The van der Waals surface area contributed by atoms with Gasteiger partial charge in [0, 0.05) is 37.9 Å². The molecular formula is C24H28N4O2. The Hall–Kier alpha value is -3.25. The van der Waals surface area contributed by atoms with Crippen molar-refractivity contribution in [3.63, 3.8) is 0 Å². The number of carbonyl (C=O) groups excluding carboxylic acids is 1. The Morgan fingerprint density at radius 2 is 1.57 bits per heavy atom. The van der Waals surface area contributed by atoms with Crippen LogP contribution in [0.2, 0.25) is 0 Å². The number of nitrogens with zero attached hydrogens (tertiary/aromatic N) is 2. The van der Waals surface area contributed by atoms with Crippen molar-refractivity contribution in [2.24, 2.45) is 0 Å². The van der Waals surface area contributed by atoms with Crippen molar-refractivity contribution in [1.82, 2.24) is 20.6 Å². The molecule has 0 fully saturated rings. The third-order valence-electron chi connectivity index (χ3n) is 4.74. The quantitative estimate of drug-likeness (QED) is 0.514. The van der Waals surface area contributed by atoms with Crippen molar-refractivity contribution < 1.29 is 9.53 Å². The van der Waals surface area contributed by atoms with Gasteiger partial charge in [-0.05, 0) is 72.9 Å². The fourth-order valence-corrected chi connectivity index (χ4v) is 3.20. The van der Waals surface area contributed by atoms with Crippen molar-refractivity contribution in [1.29, 1.82) is 0 Å². The van der Waals surface area contributed by atoms with Crippen LogP contribution in [0.4, 0.5) is 0 Å². The molecule has 0 saturated carbocycles. The van der Waals surface area contributed by atoms with Gasteiger partial charge in [0.15, 0.2) is 0 Å². The molecule has 0 bridgehead atoms. The molecule has 6 heteroatoms. The Morgan fingerprint density at radius 3 is 2.20 bits per heavy atom. The molecule has 0 aliphatic carbocycles. The van der Waals surface area contributed by atoms with E-state index in [9.17, 15) is 4.79 Å². The molecule has 0 aliphatic heterocycles. The van der Waals surface area contributed by atoms with Crippen LogP contribution in [-0.2, 0) is 17.6 Å². The Labute approximate surface area is 177 Å². The lowest BCUT2D eigenvalue weighted by Crippen LogP contribution is -2.39. The third kappa shape index (κ3) is 6.67. The second-order valence-electron chi connectivity index (χ2n) is 6.89. The first-order chi connectivity index (χ1) is 14.8. The maximum absolute atomic E-state index is 13.0. The highest BCUT2D eigenvalue weighted by Crippen LogP contribution is 2.20. The molecule has 1 aromatic carbocycles. The molecule has 0 spiro atoms. The van der Waals surface area contributed by atoms with Gasteiger partial charge < -0.3 is 15.4 Å². The van der Waals surface area contributed by atoms with Crippen molar-refractivity contribution in [2.75, 3.05) is 19.7 Å². The van der Waals surface area contributed by atoms with Gasteiger partial charge in [-0.3, -0.25) is 14.8 Å². The zero-order valence-corrected chi connectivity index (χ0v) is 17.3. The normalized spacial score (nSPS) is 11.6.